The van der Waals surface area contributed by atoms with Gasteiger partial charge in [0.05, 0.1) is 0 Å². The molecular formula is C13H24N2O2. The van der Waals surface area contributed by atoms with Crippen molar-refractivity contribution >= 4 is 5.91 Å². The molecule has 1 saturated heterocycles. The van der Waals surface area contributed by atoms with Crippen LogP contribution < -0.4 is 5.32 Å². The fourth-order valence-corrected chi connectivity index (χ4v) is 2.99. The average Bonchev–Trinajstić information content (AvgIpc) is 2.78. The molecular weight excluding hydrogens is 216 g/mol. The fraction of sp³-hybridized carbons (Fsp3) is 0.923. The second-order valence-electron chi connectivity index (χ2n) is 5.46. The van der Waals surface area contributed by atoms with Crippen molar-refractivity contribution in [3.8, 4) is 0 Å². The second-order valence-corrected chi connectivity index (χ2v) is 5.46. The number of likely N-dealkylation sites (N-methyl/N-ethyl adjacent to an activating group) is 1. The molecule has 0 aromatic heterocycles. The van der Waals surface area contributed by atoms with E-state index in [9.17, 15) is 4.79 Å². The van der Waals surface area contributed by atoms with Crippen LogP contribution in [0.5, 0.6) is 0 Å². The van der Waals surface area contributed by atoms with E-state index >= 15 is 0 Å². The van der Waals surface area contributed by atoms with Gasteiger partial charge in [-0.15, -0.1) is 0 Å². The normalized spacial score (nSPS) is 30.8. The number of carbonyl (C=O) groups is 1. The minimum absolute atomic E-state index is 0.173. The smallest absolute Gasteiger partial charge is 0.223 e. The summed E-state index contributed by atoms with van der Waals surface area (Å²) in [4.78, 5) is 14.4. The summed E-state index contributed by atoms with van der Waals surface area (Å²) in [5, 5.41) is 3.24. The highest BCUT2D eigenvalue weighted by atomic mass is 16.5. The van der Waals surface area contributed by atoms with Crippen LogP contribution in [0.1, 0.15) is 32.1 Å². The maximum atomic E-state index is 12.1. The lowest BCUT2D eigenvalue weighted by molar-refractivity contribution is -0.128. The van der Waals surface area contributed by atoms with E-state index in [1.54, 1.807) is 0 Å². The molecule has 2 fully saturated rings. The third-order valence-electron chi connectivity index (χ3n) is 4.06. The Morgan fingerprint density at radius 3 is 2.53 bits per heavy atom. The molecule has 0 spiro atoms. The van der Waals surface area contributed by atoms with Gasteiger partial charge in [-0.25, -0.2) is 0 Å². The predicted molar refractivity (Wildman–Crippen MR) is 66.8 cm³/mol. The number of ether oxygens (including phenoxy) is 1. The van der Waals surface area contributed by atoms with Gasteiger partial charge in [-0.3, -0.25) is 4.79 Å². The third-order valence-corrected chi connectivity index (χ3v) is 4.06. The first-order valence-corrected chi connectivity index (χ1v) is 6.73. The number of amides is 1. The Balaban J connectivity index is 1.84. The molecule has 4 nitrogen and oxygen atoms in total. The first-order chi connectivity index (χ1) is 8.18. The van der Waals surface area contributed by atoms with Gasteiger partial charge >= 0.3 is 0 Å². The zero-order valence-corrected chi connectivity index (χ0v) is 10.9. The van der Waals surface area contributed by atoms with E-state index in [0.29, 0.717) is 12.1 Å². The van der Waals surface area contributed by atoms with Gasteiger partial charge < -0.3 is 15.0 Å². The molecule has 1 aliphatic carbocycles. The molecule has 1 heterocycles. The minimum Gasteiger partial charge on any atom is -0.381 e. The van der Waals surface area contributed by atoms with E-state index in [0.717, 1.165) is 32.5 Å². The van der Waals surface area contributed by atoms with Crippen LogP contribution in [0, 0.1) is 5.92 Å². The molecule has 0 bridgehead atoms. The number of carbonyl (C=O) groups excluding carboxylic acids is 1. The van der Waals surface area contributed by atoms with E-state index in [1.807, 2.05) is 0 Å². The highest BCUT2D eigenvalue weighted by Crippen LogP contribution is 2.24. The van der Waals surface area contributed by atoms with Crippen molar-refractivity contribution < 1.29 is 9.53 Å². The maximum Gasteiger partial charge on any atom is 0.223 e. The van der Waals surface area contributed by atoms with Crippen LogP contribution in [0.2, 0.25) is 0 Å². The molecule has 1 saturated carbocycles. The van der Waals surface area contributed by atoms with Gasteiger partial charge in [-0.1, -0.05) is 0 Å². The quantitative estimate of drug-likeness (QED) is 0.800. The van der Waals surface area contributed by atoms with Crippen LogP contribution in [-0.2, 0) is 9.53 Å². The SMILES string of the molecule is CN(C)[C@@H]1CCC[C@H]1NC(=O)C1CCOCC1. The van der Waals surface area contributed by atoms with Crippen LogP contribution in [0.15, 0.2) is 0 Å². The minimum atomic E-state index is 0.173. The highest BCUT2D eigenvalue weighted by Gasteiger charge is 2.32. The summed E-state index contributed by atoms with van der Waals surface area (Å²) in [6.45, 7) is 1.47. The first-order valence-electron chi connectivity index (χ1n) is 6.73. The summed E-state index contributed by atoms with van der Waals surface area (Å²) in [6.07, 6.45) is 5.31. The number of hydrogen-bond donors (Lipinski definition) is 1. The lowest BCUT2D eigenvalue weighted by Gasteiger charge is -2.29. The maximum absolute atomic E-state index is 12.1. The van der Waals surface area contributed by atoms with Gasteiger partial charge in [0.15, 0.2) is 0 Å². The molecule has 0 aromatic carbocycles. The van der Waals surface area contributed by atoms with Crippen molar-refractivity contribution in [3.63, 3.8) is 0 Å². The van der Waals surface area contributed by atoms with E-state index < -0.39 is 0 Å². The standard InChI is InChI=1S/C13H24N2O2/c1-15(2)12-5-3-4-11(12)14-13(16)10-6-8-17-9-7-10/h10-12H,3-9H2,1-2H3,(H,14,16)/t11-,12-/m1/s1. The molecule has 2 rings (SSSR count). The van der Waals surface area contributed by atoms with Crippen molar-refractivity contribution in [2.24, 2.45) is 5.92 Å². The van der Waals surface area contributed by atoms with Gasteiger partial charge in [0.2, 0.25) is 5.91 Å². The lowest BCUT2D eigenvalue weighted by Crippen LogP contribution is -2.48. The molecule has 98 valence electrons. The van der Waals surface area contributed by atoms with Crippen molar-refractivity contribution in [1.29, 1.82) is 0 Å². The molecule has 1 amide bonds. The molecule has 2 atom stereocenters. The van der Waals surface area contributed by atoms with Crippen LogP contribution in [0.25, 0.3) is 0 Å². The molecule has 0 radical (unpaired) electrons. The van der Waals surface area contributed by atoms with E-state index in [2.05, 4.69) is 24.3 Å². The monoisotopic (exact) mass is 240 g/mol. The fourth-order valence-electron chi connectivity index (χ4n) is 2.99. The van der Waals surface area contributed by atoms with Crippen molar-refractivity contribution in [2.45, 2.75) is 44.2 Å². The zero-order valence-electron chi connectivity index (χ0n) is 10.9. The van der Waals surface area contributed by atoms with Crippen LogP contribution >= 0.6 is 0 Å². The van der Waals surface area contributed by atoms with Gasteiger partial charge in [-0.2, -0.15) is 0 Å². The Hall–Kier alpha value is -0.610. The summed E-state index contributed by atoms with van der Waals surface area (Å²) in [5.74, 6) is 0.416. The summed E-state index contributed by atoms with van der Waals surface area (Å²) >= 11 is 0. The third kappa shape index (κ3) is 3.19. The van der Waals surface area contributed by atoms with E-state index in [-0.39, 0.29) is 11.8 Å². The Morgan fingerprint density at radius 2 is 1.88 bits per heavy atom. The molecule has 1 N–H and O–H groups in total. The number of rotatable bonds is 3. The molecule has 0 unspecified atom stereocenters. The Labute approximate surface area is 104 Å². The largest absolute Gasteiger partial charge is 0.381 e. The summed E-state index contributed by atoms with van der Waals surface area (Å²) < 4.78 is 5.29. The molecule has 4 heteroatoms. The topological polar surface area (TPSA) is 41.6 Å². The number of nitrogens with one attached hydrogen (secondary N) is 1. The van der Waals surface area contributed by atoms with Crippen molar-refractivity contribution in [2.75, 3.05) is 27.3 Å². The molecule has 0 aromatic rings. The van der Waals surface area contributed by atoms with Gasteiger partial charge in [0.1, 0.15) is 0 Å². The Bertz CT molecular complexity index is 262. The molecule has 17 heavy (non-hydrogen) atoms. The molecule has 2 aliphatic rings. The van der Waals surface area contributed by atoms with E-state index in [1.165, 1.54) is 12.8 Å². The summed E-state index contributed by atoms with van der Waals surface area (Å²) in [5.41, 5.74) is 0. The van der Waals surface area contributed by atoms with Gasteiger partial charge in [0.25, 0.3) is 0 Å². The average molecular weight is 240 g/mol. The predicted octanol–water partition coefficient (Wildman–Crippen LogP) is 1.01. The zero-order chi connectivity index (χ0) is 12.3. The first kappa shape index (κ1) is 12.8. The van der Waals surface area contributed by atoms with Gasteiger partial charge in [0, 0.05) is 31.2 Å². The van der Waals surface area contributed by atoms with Gasteiger partial charge in [-0.05, 0) is 46.2 Å². The number of nitrogens with zero attached hydrogens (tertiary/aromatic N) is 1. The second kappa shape index (κ2) is 5.83. The van der Waals surface area contributed by atoms with Crippen LogP contribution in [0.3, 0.4) is 0 Å². The molecule has 1 aliphatic heterocycles. The lowest BCUT2D eigenvalue weighted by atomic mass is 9.98. The van der Waals surface area contributed by atoms with Crippen LogP contribution in [0.4, 0.5) is 0 Å². The summed E-state index contributed by atoms with van der Waals surface area (Å²) in [7, 11) is 4.20. The van der Waals surface area contributed by atoms with Crippen molar-refractivity contribution in [3.05, 3.63) is 0 Å². The van der Waals surface area contributed by atoms with Crippen LogP contribution in [-0.4, -0.2) is 50.2 Å². The Kier molecular flexibility index (Phi) is 4.40. The summed E-state index contributed by atoms with van der Waals surface area (Å²) in [6, 6.07) is 0.860. The van der Waals surface area contributed by atoms with E-state index in [4.69, 9.17) is 4.74 Å². The Morgan fingerprint density at radius 1 is 1.18 bits per heavy atom. The number of hydrogen-bond acceptors (Lipinski definition) is 3. The van der Waals surface area contributed by atoms with Crippen molar-refractivity contribution in [1.82, 2.24) is 10.2 Å². The highest BCUT2D eigenvalue weighted by molar-refractivity contribution is 5.79.